The molecule has 2 rings (SSSR count). The molecule has 2 atom stereocenters. The topological polar surface area (TPSA) is 73.9 Å². The van der Waals surface area contributed by atoms with Crippen molar-refractivity contribution in [1.29, 1.82) is 0 Å². The Hall–Kier alpha value is -1.59. The quantitative estimate of drug-likeness (QED) is 0.308. The van der Waals surface area contributed by atoms with Gasteiger partial charge in [-0.1, -0.05) is 42.4 Å². The van der Waals surface area contributed by atoms with E-state index in [0.717, 1.165) is 18.7 Å². The van der Waals surface area contributed by atoms with Gasteiger partial charge in [-0.25, -0.2) is 0 Å². The maximum Gasteiger partial charge on any atom is 0.147 e. The normalized spacial score (nSPS) is 21.6. The van der Waals surface area contributed by atoms with Gasteiger partial charge in [0.05, 0.1) is 5.92 Å². The molecular formula is C16H26N4O. The minimum atomic E-state index is -0.0901. The third-order valence-electron chi connectivity index (χ3n) is 4.31. The van der Waals surface area contributed by atoms with Gasteiger partial charge in [0.1, 0.15) is 5.84 Å². The molecule has 1 aromatic rings. The molecule has 1 fully saturated rings. The smallest absolute Gasteiger partial charge is 0.147 e. The Bertz CT molecular complexity index is 449. The zero-order valence-electron chi connectivity index (χ0n) is 12.7. The monoisotopic (exact) mass is 290 g/mol. The van der Waals surface area contributed by atoms with Crippen LogP contribution in [0.1, 0.15) is 31.2 Å². The molecule has 1 aliphatic rings. The van der Waals surface area contributed by atoms with Crippen LogP contribution in [0.4, 0.5) is 0 Å². The predicted octanol–water partition coefficient (Wildman–Crippen LogP) is 1.59. The van der Waals surface area contributed by atoms with Gasteiger partial charge in [-0.2, -0.15) is 0 Å². The number of nitrogens with two attached hydrogens (primary N) is 1. The Kier molecular flexibility index (Phi) is 6.02. The third-order valence-corrected chi connectivity index (χ3v) is 4.31. The molecule has 0 saturated carbocycles. The number of likely N-dealkylation sites (N-methyl/N-ethyl adjacent to an activating group) is 1. The van der Waals surface area contributed by atoms with E-state index in [2.05, 4.69) is 22.3 Å². The molecule has 0 amide bonds. The minimum Gasteiger partial charge on any atom is -0.409 e. The van der Waals surface area contributed by atoms with Crippen LogP contribution in [-0.4, -0.2) is 48.2 Å². The van der Waals surface area contributed by atoms with Gasteiger partial charge in [0, 0.05) is 19.1 Å². The van der Waals surface area contributed by atoms with Gasteiger partial charge in [-0.3, -0.25) is 4.90 Å². The van der Waals surface area contributed by atoms with Crippen molar-refractivity contribution >= 4 is 5.84 Å². The van der Waals surface area contributed by atoms with Gasteiger partial charge in [-0.15, -0.1) is 0 Å². The molecule has 0 bridgehead atoms. The van der Waals surface area contributed by atoms with Crippen molar-refractivity contribution in [3.63, 3.8) is 0 Å². The van der Waals surface area contributed by atoms with E-state index in [1.165, 1.54) is 19.4 Å². The predicted molar refractivity (Wildman–Crippen MR) is 85.7 cm³/mol. The molecule has 5 heteroatoms. The minimum absolute atomic E-state index is 0.0901. The number of rotatable bonds is 7. The van der Waals surface area contributed by atoms with Gasteiger partial charge >= 0.3 is 0 Å². The summed E-state index contributed by atoms with van der Waals surface area (Å²) in [7, 11) is 0. The molecule has 1 aliphatic heterocycles. The molecule has 1 heterocycles. The van der Waals surface area contributed by atoms with E-state index >= 15 is 0 Å². The van der Waals surface area contributed by atoms with Crippen molar-refractivity contribution in [3.05, 3.63) is 35.9 Å². The first kappa shape index (κ1) is 15.8. The molecule has 2 unspecified atom stereocenters. The largest absolute Gasteiger partial charge is 0.409 e. The second kappa shape index (κ2) is 8.00. The number of nitrogens with one attached hydrogen (secondary N) is 1. The maximum absolute atomic E-state index is 8.98. The van der Waals surface area contributed by atoms with Crippen molar-refractivity contribution in [3.8, 4) is 0 Å². The zero-order chi connectivity index (χ0) is 15.1. The second-order valence-electron chi connectivity index (χ2n) is 5.57. The third kappa shape index (κ3) is 4.19. The highest BCUT2D eigenvalue weighted by atomic mass is 16.4. The van der Waals surface area contributed by atoms with E-state index in [-0.39, 0.29) is 11.8 Å². The van der Waals surface area contributed by atoms with E-state index < -0.39 is 0 Å². The fraction of sp³-hybridized carbons (Fsp3) is 0.562. The molecule has 1 aromatic carbocycles. The summed E-state index contributed by atoms with van der Waals surface area (Å²) in [4.78, 5) is 2.51. The maximum atomic E-state index is 8.98. The molecule has 116 valence electrons. The highest BCUT2D eigenvalue weighted by molar-refractivity contribution is 5.87. The highest BCUT2D eigenvalue weighted by Crippen LogP contribution is 2.17. The molecule has 0 radical (unpaired) electrons. The van der Waals surface area contributed by atoms with E-state index in [1.807, 2.05) is 30.3 Å². The lowest BCUT2D eigenvalue weighted by molar-refractivity contribution is 0.260. The van der Waals surface area contributed by atoms with Crippen LogP contribution >= 0.6 is 0 Å². The fourth-order valence-corrected chi connectivity index (χ4v) is 3.09. The lowest BCUT2D eigenvalue weighted by atomic mass is 9.98. The van der Waals surface area contributed by atoms with Crippen LogP contribution in [-0.2, 0) is 0 Å². The average Bonchev–Trinajstić information content (AvgIpc) is 2.99. The van der Waals surface area contributed by atoms with Crippen LogP contribution in [0.25, 0.3) is 0 Å². The van der Waals surface area contributed by atoms with Crippen molar-refractivity contribution in [2.75, 3.05) is 26.2 Å². The van der Waals surface area contributed by atoms with Gasteiger partial charge < -0.3 is 16.3 Å². The number of nitrogens with zero attached hydrogens (tertiary/aromatic N) is 2. The number of oxime groups is 1. The van der Waals surface area contributed by atoms with Crippen molar-refractivity contribution < 1.29 is 5.21 Å². The average molecular weight is 290 g/mol. The molecular weight excluding hydrogens is 264 g/mol. The summed E-state index contributed by atoms with van der Waals surface area (Å²) in [5.41, 5.74) is 6.92. The SMILES string of the molecule is CCN1CCCC1CNCC(C(N)=NO)c1ccccc1. The Morgan fingerprint density at radius 2 is 2.24 bits per heavy atom. The molecule has 4 N–H and O–H groups in total. The number of benzene rings is 1. The van der Waals surface area contributed by atoms with Crippen LogP contribution in [0.5, 0.6) is 0 Å². The molecule has 1 saturated heterocycles. The van der Waals surface area contributed by atoms with E-state index in [9.17, 15) is 0 Å². The van der Waals surface area contributed by atoms with Gasteiger partial charge in [0.2, 0.25) is 0 Å². The summed E-state index contributed by atoms with van der Waals surface area (Å²) in [5, 5.41) is 15.7. The lowest BCUT2D eigenvalue weighted by Crippen LogP contribution is -2.40. The molecule has 0 aliphatic carbocycles. The van der Waals surface area contributed by atoms with E-state index in [4.69, 9.17) is 10.9 Å². The summed E-state index contributed by atoms with van der Waals surface area (Å²) >= 11 is 0. The summed E-state index contributed by atoms with van der Waals surface area (Å²) in [6, 6.07) is 10.6. The van der Waals surface area contributed by atoms with E-state index in [1.54, 1.807) is 0 Å². The number of hydrogen-bond donors (Lipinski definition) is 3. The summed E-state index contributed by atoms with van der Waals surface area (Å²) < 4.78 is 0. The first-order valence-corrected chi connectivity index (χ1v) is 7.73. The van der Waals surface area contributed by atoms with Crippen LogP contribution in [0, 0.1) is 0 Å². The number of amidine groups is 1. The molecule has 0 aromatic heterocycles. The highest BCUT2D eigenvalue weighted by Gasteiger charge is 2.23. The summed E-state index contributed by atoms with van der Waals surface area (Å²) in [6.07, 6.45) is 2.53. The van der Waals surface area contributed by atoms with Crippen molar-refractivity contribution in [1.82, 2.24) is 10.2 Å². The second-order valence-corrected chi connectivity index (χ2v) is 5.57. The van der Waals surface area contributed by atoms with Gasteiger partial charge in [0.15, 0.2) is 0 Å². The Morgan fingerprint density at radius 1 is 1.48 bits per heavy atom. The van der Waals surface area contributed by atoms with Crippen molar-refractivity contribution in [2.45, 2.75) is 31.7 Å². The number of likely N-dealkylation sites (tertiary alicyclic amines) is 1. The van der Waals surface area contributed by atoms with Gasteiger partial charge in [-0.05, 0) is 31.5 Å². The summed E-state index contributed by atoms with van der Waals surface area (Å²) in [5.74, 6) is 0.167. The standard InChI is InChI=1S/C16H26N4O/c1-2-20-10-6-9-14(20)11-18-12-15(16(17)19-21)13-7-4-3-5-8-13/h3-5,7-8,14-15,18,21H,2,6,9-12H2,1H3,(H2,17,19). The number of hydrogen-bond acceptors (Lipinski definition) is 4. The van der Waals surface area contributed by atoms with Crippen LogP contribution in [0.15, 0.2) is 35.5 Å². The van der Waals surface area contributed by atoms with Crippen LogP contribution < -0.4 is 11.1 Å². The Labute approximate surface area is 126 Å². The fourth-order valence-electron chi connectivity index (χ4n) is 3.09. The molecule has 5 nitrogen and oxygen atoms in total. The first-order valence-electron chi connectivity index (χ1n) is 7.73. The zero-order valence-corrected chi connectivity index (χ0v) is 12.7. The molecule has 0 spiro atoms. The Balaban J connectivity index is 1.91. The first-order chi connectivity index (χ1) is 10.3. The van der Waals surface area contributed by atoms with E-state index in [0.29, 0.717) is 12.6 Å². The summed E-state index contributed by atoms with van der Waals surface area (Å²) in [6.45, 7) is 6.16. The lowest BCUT2D eigenvalue weighted by Gasteiger charge is -2.24. The van der Waals surface area contributed by atoms with Crippen LogP contribution in [0.3, 0.4) is 0 Å². The van der Waals surface area contributed by atoms with Crippen molar-refractivity contribution in [2.24, 2.45) is 10.9 Å². The Morgan fingerprint density at radius 3 is 2.90 bits per heavy atom. The van der Waals surface area contributed by atoms with Crippen LogP contribution in [0.2, 0.25) is 0 Å². The van der Waals surface area contributed by atoms with Gasteiger partial charge in [0.25, 0.3) is 0 Å². The molecule has 21 heavy (non-hydrogen) atoms.